The summed E-state index contributed by atoms with van der Waals surface area (Å²) in [6.45, 7) is 1.84. The number of carbonyl (C=O) groups excluding carboxylic acids is 2. The quantitative estimate of drug-likeness (QED) is 0.562. The second kappa shape index (κ2) is 8.90. The average Bonchev–Trinajstić information content (AvgIpc) is 3.16. The van der Waals surface area contributed by atoms with Crippen molar-refractivity contribution in [1.29, 1.82) is 0 Å². The van der Waals surface area contributed by atoms with Crippen LogP contribution in [-0.4, -0.2) is 77.9 Å². The SMILES string of the molecule is COC1(C)OCC(CN2C(=O)c3ccccc3C2=O)O1.OCC(O)CCl. The van der Waals surface area contributed by atoms with Gasteiger partial charge in [-0.05, 0) is 12.1 Å². The molecule has 2 aliphatic heterocycles. The van der Waals surface area contributed by atoms with Gasteiger partial charge in [-0.1, -0.05) is 12.1 Å². The maximum Gasteiger partial charge on any atom is 0.280 e. The summed E-state index contributed by atoms with van der Waals surface area (Å²) in [5.41, 5.74) is 0.872. The average molecular weight is 388 g/mol. The van der Waals surface area contributed by atoms with Crippen molar-refractivity contribution < 1.29 is 34.0 Å². The Morgan fingerprint density at radius 3 is 2.31 bits per heavy atom. The van der Waals surface area contributed by atoms with Gasteiger partial charge in [0, 0.05) is 14.0 Å². The number of alkyl halides is 1. The summed E-state index contributed by atoms with van der Waals surface area (Å²) in [5, 5.41) is 16.3. The Morgan fingerprint density at radius 1 is 1.35 bits per heavy atom. The van der Waals surface area contributed by atoms with E-state index >= 15 is 0 Å². The molecule has 0 bridgehead atoms. The molecule has 144 valence electrons. The lowest BCUT2D eigenvalue weighted by molar-refractivity contribution is -0.313. The summed E-state index contributed by atoms with van der Waals surface area (Å²) in [5.74, 6) is -1.58. The molecule has 1 aromatic carbocycles. The molecule has 8 nitrogen and oxygen atoms in total. The van der Waals surface area contributed by atoms with Crippen molar-refractivity contribution in [2.45, 2.75) is 25.1 Å². The number of methoxy groups -OCH3 is 1. The first-order chi connectivity index (χ1) is 12.3. The molecule has 0 aliphatic carbocycles. The van der Waals surface area contributed by atoms with E-state index in [4.69, 9.17) is 36.0 Å². The molecular weight excluding hydrogens is 366 g/mol. The van der Waals surface area contributed by atoms with E-state index in [-0.39, 0.29) is 43.6 Å². The Hall–Kier alpha value is -1.55. The lowest BCUT2D eigenvalue weighted by atomic mass is 10.1. The van der Waals surface area contributed by atoms with Gasteiger partial charge in [0.1, 0.15) is 6.10 Å². The van der Waals surface area contributed by atoms with Gasteiger partial charge in [-0.3, -0.25) is 14.5 Å². The van der Waals surface area contributed by atoms with E-state index in [9.17, 15) is 9.59 Å². The fourth-order valence-electron chi connectivity index (χ4n) is 2.47. The molecule has 0 saturated carbocycles. The van der Waals surface area contributed by atoms with Crippen molar-refractivity contribution in [3.05, 3.63) is 35.4 Å². The summed E-state index contributed by atoms with van der Waals surface area (Å²) < 4.78 is 16.0. The molecule has 2 heterocycles. The number of ether oxygens (including phenoxy) is 3. The van der Waals surface area contributed by atoms with Crippen LogP contribution in [0.1, 0.15) is 27.6 Å². The van der Waals surface area contributed by atoms with Crippen molar-refractivity contribution >= 4 is 23.4 Å². The molecule has 2 aliphatic rings. The van der Waals surface area contributed by atoms with Crippen LogP contribution < -0.4 is 0 Å². The predicted molar refractivity (Wildman–Crippen MR) is 91.9 cm³/mol. The van der Waals surface area contributed by atoms with E-state index in [1.807, 2.05) is 0 Å². The largest absolute Gasteiger partial charge is 0.394 e. The number of fused-ring (bicyclic) bond motifs is 1. The second-order valence-electron chi connectivity index (χ2n) is 5.87. The van der Waals surface area contributed by atoms with Crippen LogP contribution in [0.2, 0.25) is 0 Å². The first-order valence-corrected chi connectivity index (χ1v) is 8.55. The Kier molecular flexibility index (Phi) is 7.10. The first-order valence-electron chi connectivity index (χ1n) is 8.02. The fraction of sp³-hybridized carbons (Fsp3) is 0.529. The van der Waals surface area contributed by atoms with E-state index in [2.05, 4.69) is 0 Å². The highest BCUT2D eigenvalue weighted by atomic mass is 35.5. The molecule has 9 heteroatoms. The lowest BCUT2D eigenvalue weighted by Gasteiger charge is -2.22. The molecule has 3 rings (SSSR count). The predicted octanol–water partition coefficient (Wildman–Crippen LogP) is 0.596. The number of hydrogen-bond acceptors (Lipinski definition) is 7. The van der Waals surface area contributed by atoms with Crippen molar-refractivity contribution in [1.82, 2.24) is 4.90 Å². The van der Waals surface area contributed by atoms with Crippen LogP contribution in [0.3, 0.4) is 0 Å². The molecule has 3 atom stereocenters. The standard InChI is InChI=1S/C14H15NO5.C3H7ClO2/c1-14(18-2)19-8-9(20-14)7-15-12(16)10-5-3-4-6-11(10)13(15)17;4-1-3(6)2-5/h3-6,9H,7-8H2,1-2H3;3,5-6H,1-2H2. The topological polar surface area (TPSA) is 106 Å². The Labute approximate surface area is 156 Å². The number of aliphatic hydroxyl groups is 2. The molecule has 1 aromatic rings. The summed E-state index contributed by atoms with van der Waals surface area (Å²) >= 11 is 5.04. The van der Waals surface area contributed by atoms with E-state index in [0.29, 0.717) is 11.1 Å². The van der Waals surface area contributed by atoms with Crippen molar-refractivity contribution in [3.63, 3.8) is 0 Å². The van der Waals surface area contributed by atoms with Crippen LogP contribution in [0, 0.1) is 0 Å². The Balaban J connectivity index is 0.000000352. The van der Waals surface area contributed by atoms with Crippen LogP contribution in [-0.2, 0) is 14.2 Å². The van der Waals surface area contributed by atoms with Gasteiger partial charge in [-0.25, -0.2) is 0 Å². The molecule has 0 radical (unpaired) electrons. The van der Waals surface area contributed by atoms with Crippen LogP contribution in [0.4, 0.5) is 0 Å². The highest BCUT2D eigenvalue weighted by Crippen LogP contribution is 2.27. The molecule has 2 N–H and O–H groups in total. The van der Waals surface area contributed by atoms with Crippen LogP contribution in [0.25, 0.3) is 0 Å². The van der Waals surface area contributed by atoms with Crippen molar-refractivity contribution in [2.24, 2.45) is 0 Å². The summed E-state index contributed by atoms with van der Waals surface area (Å²) in [7, 11) is 1.48. The number of aliphatic hydroxyl groups excluding tert-OH is 2. The number of rotatable bonds is 5. The number of hydrogen-bond donors (Lipinski definition) is 2. The molecule has 3 unspecified atom stereocenters. The maximum absolute atomic E-state index is 12.2. The molecule has 1 fully saturated rings. The number of imide groups is 1. The molecule has 1 saturated heterocycles. The zero-order chi connectivity index (χ0) is 19.3. The van der Waals surface area contributed by atoms with Gasteiger partial charge in [0.2, 0.25) is 0 Å². The fourth-order valence-corrected chi connectivity index (χ4v) is 2.57. The molecule has 26 heavy (non-hydrogen) atoms. The normalized spacial score (nSPS) is 25.7. The van der Waals surface area contributed by atoms with Gasteiger partial charge < -0.3 is 24.4 Å². The van der Waals surface area contributed by atoms with Crippen LogP contribution in [0.5, 0.6) is 0 Å². The van der Waals surface area contributed by atoms with Gasteiger partial charge in [0.25, 0.3) is 17.8 Å². The minimum absolute atomic E-state index is 0.108. The highest BCUT2D eigenvalue weighted by molar-refractivity contribution is 6.21. The number of halogens is 1. The lowest BCUT2D eigenvalue weighted by Crippen LogP contribution is -2.39. The van der Waals surface area contributed by atoms with Crippen molar-refractivity contribution in [3.8, 4) is 0 Å². The first kappa shape index (κ1) is 20.8. The van der Waals surface area contributed by atoms with Crippen LogP contribution in [0.15, 0.2) is 24.3 Å². The third kappa shape index (κ3) is 4.59. The van der Waals surface area contributed by atoms with E-state index in [1.54, 1.807) is 31.2 Å². The zero-order valence-electron chi connectivity index (χ0n) is 14.6. The van der Waals surface area contributed by atoms with Gasteiger partial charge in [0.15, 0.2) is 0 Å². The number of amides is 2. The van der Waals surface area contributed by atoms with Gasteiger partial charge in [0.05, 0.1) is 42.9 Å². The number of carbonyl (C=O) groups is 2. The minimum atomic E-state index is -1.11. The number of nitrogens with zero attached hydrogens (tertiary/aromatic N) is 1. The molecule has 0 spiro atoms. The van der Waals surface area contributed by atoms with Crippen molar-refractivity contribution in [2.75, 3.05) is 32.7 Å². The summed E-state index contributed by atoms with van der Waals surface area (Å²) in [6.07, 6.45) is -1.13. The van der Waals surface area contributed by atoms with Gasteiger partial charge in [-0.2, -0.15) is 0 Å². The smallest absolute Gasteiger partial charge is 0.280 e. The zero-order valence-corrected chi connectivity index (χ0v) is 15.3. The third-order valence-electron chi connectivity index (χ3n) is 3.94. The summed E-state index contributed by atoms with van der Waals surface area (Å²) in [4.78, 5) is 25.6. The summed E-state index contributed by atoms with van der Waals surface area (Å²) in [6, 6.07) is 6.79. The van der Waals surface area contributed by atoms with Gasteiger partial charge >= 0.3 is 0 Å². The highest BCUT2D eigenvalue weighted by Gasteiger charge is 2.42. The third-order valence-corrected chi connectivity index (χ3v) is 4.29. The molecule has 0 aromatic heterocycles. The van der Waals surface area contributed by atoms with E-state index in [0.717, 1.165) is 0 Å². The Morgan fingerprint density at radius 2 is 1.92 bits per heavy atom. The van der Waals surface area contributed by atoms with Crippen LogP contribution >= 0.6 is 11.6 Å². The molecule has 2 amide bonds. The Bertz CT molecular complexity index is 617. The maximum atomic E-state index is 12.2. The van der Waals surface area contributed by atoms with Gasteiger partial charge in [-0.15, -0.1) is 11.6 Å². The molecular formula is C17H22ClNO7. The van der Waals surface area contributed by atoms with E-state index in [1.165, 1.54) is 12.0 Å². The minimum Gasteiger partial charge on any atom is -0.394 e. The second-order valence-corrected chi connectivity index (χ2v) is 6.18. The number of benzene rings is 1. The van der Waals surface area contributed by atoms with E-state index < -0.39 is 12.1 Å². The monoisotopic (exact) mass is 387 g/mol.